The zero-order valence-electron chi connectivity index (χ0n) is 21.3. The number of carbonyl (C=O) groups is 1. The molecule has 0 spiro atoms. The second kappa shape index (κ2) is 13.7. The smallest absolute Gasteiger partial charge is 0.229 e. The Labute approximate surface area is 243 Å². The van der Waals surface area contributed by atoms with E-state index in [-0.39, 0.29) is 42.9 Å². The minimum absolute atomic E-state index is 0.00159. The summed E-state index contributed by atoms with van der Waals surface area (Å²) < 4.78 is 25.2. The van der Waals surface area contributed by atoms with Gasteiger partial charge in [-0.15, -0.1) is 0 Å². The number of aliphatic hydroxyl groups is 1. The maximum absolute atomic E-state index is 12.5. The largest absolute Gasteiger partial charge is 0.506 e. The highest BCUT2D eigenvalue weighted by Gasteiger charge is 2.15. The van der Waals surface area contributed by atoms with Gasteiger partial charge in [0.1, 0.15) is 5.75 Å². The molecule has 210 valence electrons. The Kier molecular flexibility index (Phi) is 10.9. The molecule has 5 N–H and O–H groups in total. The fraction of sp³-hybridized carbons (Fsp3) is 0.296. The molecule has 0 aliphatic carbocycles. The molecule has 3 aromatic carbocycles. The third-order valence-corrected chi connectivity index (χ3v) is 7.65. The van der Waals surface area contributed by atoms with Crippen molar-refractivity contribution in [2.24, 2.45) is 0 Å². The quantitative estimate of drug-likeness (QED) is 0.147. The predicted octanol–water partition coefficient (Wildman–Crippen LogP) is 4.84. The monoisotopic (exact) mass is 613 g/mol. The first-order valence-electron chi connectivity index (χ1n) is 12.0. The number of benzene rings is 3. The van der Waals surface area contributed by atoms with Crippen LogP contribution in [0.3, 0.4) is 0 Å². The van der Waals surface area contributed by atoms with Crippen LogP contribution in [0.5, 0.6) is 5.75 Å². The van der Waals surface area contributed by atoms with Crippen LogP contribution >= 0.6 is 34.8 Å². The molecule has 0 unspecified atom stereocenters. The lowest BCUT2D eigenvalue weighted by Crippen LogP contribution is -2.32. The zero-order valence-corrected chi connectivity index (χ0v) is 24.4. The van der Waals surface area contributed by atoms with Gasteiger partial charge in [0.15, 0.2) is 0 Å². The Morgan fingerprint density at radius 2 is 1.69 bits per heavy atom. The van der Waals surface area contributed by atoms with E-state index in [2.05, 4.69) is 15.4 Å². The highest BCUT2D eigenvalue weighted by atomic mass is 35.5. The number of amides is 1. The third kappa shape index (κ3) is 9.56. The number of halogens is 3. The number of nitrogens with one attached hydrogen (secondary N) is 3. The molecule has 0 heterocycles. The number of aliphatic hydroxyl groups excluding tert-OH is 1. The van der Waals surface area contributed by atoms with E-state index in [4.69, 9.17) is 34.8 Å². The molecule has 0 saturated heterocycles. The molecule has 1 amide bonds. The Bertz CT molecular complexity index is 1440. The molecule has 39 heavy (non-hydrogen) atoms. The Hall–Kier alpha value is -2.53. The second-order valence-corrected chi connectivity index (χ2v) is 12.2. The SMILES string of the molecule is C[C@H](Cc1cccc(CC(=O)NCc2c(Cl)ccc(Cl)c2Cl)c1)NC[C@H](O)c1ccc(O)c(NS(C)(=O)=O)c1. The highest BCUT2D eigenvalue weighted by molar-refractivity contribution is 7.92. The van der Waals surface area contributed by atoms with Gasteiger partial charge >= 0.3 is 0 Å². The summed E-state index contributed by atoms with van der Waals surface area (Å²) in [6, 6.07) is 15.2. The van der Waals surface area contributed by atoms with Crippen molar-refractivity contribution in [1.82, 2.24) is 10.6 Å². The summed E-state index contributed by atoms with van der Waals surface area (Å²) in [5, 5.41) is 27.7. The van der Waals surface area contributed by atoms with Crippen molar-refractivity contribution in [2.75, 3.05) is 17.5 Å². The lowest BCUT2D eigenvalue weighted by molar-refractivity contribution is -0.120. The van der Waals surface area contributed by atoms with Crippen LogP contribution in [0.4, 0.5) is 5.69 Å². The summed E-state index contributed by atoms with van der Waals surface area (Å²) in [6.45, 7) is 2.34. The van der Waals surface area contributed by atoms with Crippen LogP contribution < -0.4 is 15.4 Å². The van der Waals surface area contributed by atoms with Crippen molar-refractivity contribution in [3.8, 4) is 5.75 Å². The molecule has 3 rings (SSSR count). The van der Waals surface area contributed by atoms with Gasteiger partial charge < -0.3 is 20.8 Å². The first-order valence-corrected chi connectivity index (χ1v) is 15.0. The first kappa shape index (κ1) is 31.0. The summed E-state index contributed by atoms with van der Waals surface area (Å²) in [5.41, 5.74) is 2.87. The average Bonchev–Trinajstić information content (AvgIpc) is 2.85. The number of aromatic hydroxyl groups is 1. The third-order valence-electron chi connectivity index (χ3n) is 5.86. The minimum atomic E-state index is -3.58. The summed E-state index contributed by atoms with van der Waals surface area (Å²) in [5.74, 6) is -0.421. The molecule has 0 bridgehead atoms. The van der Waals surface area contributed by atoms with Crippen LogP contribution in [-0.2, 0) is 34.2 Å². The van der Waals surface area contributed by atoms with Gasteiger partial charge in [-0.2, -0.15) is 0 Å². The lowest BCUT2D eigenvalue weighted by atomic mass is 10.0. The average molecular weight is 615 g/mol. The van der Waals surface area contributed by atoms with E-state index < -0.39 is 16.1 Å². The van der Waals surface area contributed by atoms with Gasteiger partial charge in [0.25, 0.3) is 0 Å². The number of sulfonamides is 1. The van der Waals surface area contributed by atoms with Crippen molar-refractivity contribution in [3.63, 3.8) is 0 Å². The number of rotatable bonds is 12. The topological polar surface area (TPSA) is 128 Å². The molecule has 0 aliphatic rings. The van der Waals surface area contributed by atoms with Gasteiger partial charge in [-0.1, -0.05) is 65.1 Å². The van der Waals surface area contributed by atoms with Crippen LogP contribution in [0, 0.1) is 0 Å². The molecule has 8 nitrogen and oxygen atoms in total. The standard InChI is InChI=1S/C27H30Cl3N3O5S/c1-16(31-15-25(35)19-6-9-24(34)23(13-19)33-39(2,37)38)10-17-4-3-5-18(11-17)12-26(36)32-14-20-21(28)7-8-22(29)27(20)30/h3-9,11,13,16,25,31,33-35H,10,12,14-15H2,1-2H3,(H,32,36)/t16-,25+/m1/s1. The van der Waals surface area contributed by atoms with E-state index in [1.165, 1.54) is 18.2 Å². The summed E-state index contributed by atoms with van der Waals surface area (Å²) in [7, 11) is -3.58. The van der Waals surface area contributed by atoms with Crippen molar-refractivity contribution >= 4 is 56.4 Å². The molecule has 0 saturated carbocycles. The number of phenols is 1. The second-order valence-electron chi connectivity index (χ2n) is 9.28. The van der Waals surface area contributed by atoms with Crippen molar-refractivity contribution in [1.29, 1.82) is 0 Å². The van der Waals surface area contributed by atoms with E-state index in [9.17, 15) is 23.4 Å². The first-order chi connectivity index (χ1) is 18.3. The van der Waals surface area contributed by atoms with Crippen LogP contribution in [0.1, 0.15) is 35.3 Å². The van der Waals surface area contributed by atoms with Crippen molar-refractivity contribution in [3.05, 3.63) is 91.9 Å². The highest BCUT2D eigenvalue weighted by Crippen LogP contribution is 2.31. The van der Waals surface area contributed by atoms with Gasteiger partial charge in [-0.25, -0.2) is 8.42 Å². The van der Waals surface area contributed by atoms with Gasteiger partial charge in [-0.3, -0.25) is 9.52 Å². The van der Waals surface area contributed by atoms with Gasteiger partial charge in [0, 0.05) is 29.7 Å². The van der Waals surface area contributed by atoms with E-state index in [1.807, 2.05) is 31.2 Å². The van der Waals surface area contributed by atoms with E-state index in [0.717, 1.165) is 17.4 Å². The summed E-state index contributed by atoms with van der Waals surface area (Å²) in [4.78, 5) is 12.5. The molecule has 2 atom stereocenters. The van der Waals surface area contributed by atoms with Crippen LogP contribution in [0.25, 0.3) is 0 Å². The molecule has 0 fully saturated rings. The van der Waals surface area contributed by atoms with E-state index in [0.29, 0.717) is 32.6 Å². The van der Waals surface area contributed by atoms with Crippen LogP contribution in [0.15, 0.2) is 54.6 Å². The molecule has 12 heteroatoms. The molecule has 0 aromatic heterocycles. The number of hydrogen-bond acceptors (Lipinski definition) is 6. The fourth-order valence-electron chi connectivity index (χ4n) is 3.93. The number of phenolic OH excluding ortho intramolecular Hbond substituents is 1. The maximum Gasteiger partial charge on any atom is 0.229 e. The Morgan fingerprint density at radius 3 is 2.41 bits per heavy atom. The number of anilines is 1. The Balaban J connectivity index is 1.52. The van der Waals surface area contributed by atoms with E-state index >= 15 is 0 Å². The summed E-state index contributed by atoms with van der Waals surface area (Å²) in [6.07, 6.45) is 0.874. The minimum Gasteiger partial charge on any atom is -0.506 e. The van der Waals surface area contributed by atoms with Gasteiger partial charge in [0.05, 0.1) is 34.5 Å². The van der Waals surface area contributed by atoms with Gasteiger partial charge in [-0.05, 0) is 54.3 Å². The van der Waals surface area contributed by atoms with Crippen molar-refractivity contribution in [2.45, 2.75) is 38.5 Å². The number of hydrogen-bond donors (Lipinski definition) is 5. The lowest BCUT2D eigenvalue weighted by Gasteiger charge is -2.19. The van der Waals surface area contributed by atoms with Crippen LogP contribution in [0.2, 0.25) is 15.1 Å². The molecular formula is C27H30Cl3N3O5S. The van der Waals surface area contributed by atoms with Crippen molar-refractivity contribution < 1.29 is 23.4 Å². The Morgan fingerprint density at radius 1 is 1.00 bits per heavy atom. The zero-order chi connectivity index (χ0) is 28.7. The van der Waals surface area contributed by atoms with Crippen LogP contribution in [-0.4, -0.2) is 43.4 Å². The molecular weight excluding hydrogens is 585 g/mol. The molecule has 0 radical (unpaired) electrons. The predicted molar refractivity (Wildman–Crippen MR) is 156 cm³/mol. The maximum atomic E-state index is 12.5. The van der Waals surface area contributed by atoms with Gasteiger partial charge in [0.2, 0.25) is 15.9 Å². The molecule has 0 aliphatic heterocycles. The molecule has 3 aromatic rings. The number of carbonyl (C=O) groups excluding carboxylic acids is 1. The normalized spacial score (nSPS) is 13.1. The summed E-state index contributed by atoms with van der Waals surface area (Å²) >= 11 is 18.4. The fourth-order valence-corrected chi connectivity index (χ4v) is 5.18. The van der Waals surface area contributed by atoms with E-state index in [1.54, 1.807) is 12.1 Å².